The third-order valence-electron chi connectivity index (χ3n) is 3.93. The molecule has 0 N–H and O–H groups in total. The minimum Gasteiger partial charge on any atom is -0.481 e. The summed E-state index contributed by atoms with van der Waals surface area (Å²) in [7, 11) is 0. The van der Waals surface area contributed by atoms with Crippen LogP contribution in [0.2, 0.25) is 5.02 Å². The molecule has 1 aliphatic heterocycles. The van der Waals surface area contributed by atoms with E-state index in [0.717, 1.165) is 18.9 Å². The maximum Gasteiger partial charge on any atom is 0.263 e. The molecule has 0 bridgehead atoms. The SMILES string of the molecule is CC(Oc1cccc(Cl)c1)C(=O)N1CCN(c2cccnn2)CC1. The zero-order valence-electron chi connectivity index (χ0n) is 13.4. The van der Waals surface area contributed by atoms with Crippen LogP contribution in [0.15, 0.2) is 42.6 Å². The number of piperazine rings is 1. The summed E-state index contributed by atoms with van der Waals surface area (Å²) in [5, 5.41) is 8.59. The summed E-state index contributed by atoms with van der Waals surface area (Å²) in [6.07, 6.45) is 1.10. The molecule has 1 aromatic carbocycles. The Kier molecular flexibility index (Phi) is 5.15. The topological polar surface area (TPSA) is 58.6 Å². The number of hydrogen-bond donors (Lipinski definition) is 0. The Morgan fingerprint density at radius 3 is 2.67 bits per heavy atom. The number of halogens is 1. The zero-order valence-corrected chi connectivity index (χ0v) is 14.2. The fourth-order valence-corrected chi connectivity index (χ4v) is 2.85. The van der Waals surface area contributed by atoms with Gasteiger partial charge in [0.05, 0.1) is 0 Å². The Morgan fingerprint density at radius 2 is 2.00 bits per heavy atom. The van der Waals surface area contributed by atoms with Crippen molar-refractivity contribution < 1.29 is 9.53 Å². The summed E-state index contributed by atoms with van der Waals surface area (Å²) < 4.78 is 5.71. The first-order valence-corrected chi connectivity index (χ1v) is 8.25. The van der Waals surface area contributed by atoms with Gasteiger partial charge in [-0.3, -0.25) is 4.79 Å². The van der Waals surface area contributed by atoms with Gasteiger partial charge in [-0.1, -0.05) is 17.7 Å². The summed E-state index contributed by atoms with van der Waals surface area (Å²) in [5.74, 6) is 1.42. The molecule has 7 heteroatoms. The van der Waals surface area contributed by atoms with Crippen molar-refractivity contribution in [1.29, 1.82) is 0 Å². The van der Waals surface area contributed by atoms with E-state index >= 15 is 0 Å². The monoisotopic (exact) mass is 346 g/mol. The van der Waals surface area contributed by atoms with Crippen molar-refractivity contribution in [1.82, 2.24) is 15.1 Å². The molecule has 0 aliphatic carbocycles. The summed E-state index contributed by atoms with van der Waals surface area (Å²) >= 11 is 5.94. The molecule has 0 radical (unpaired) electrons. The second-order valence-corrected chi connectivity index (χ2v) is 6.05. The van der Waals surface area contributed by atoms with Gasteiger partial charge in [-0.2, -0.15) is 5.10 Å². The average molecular weight is 347 g/mol. The smallest absolute Gasteiger partial charge is 0.263 e. The van der Waals surface area contributed by atoms with Crippen molar-refractivity contribution in [2.24, 2.45) is 0 Å². The number of carbonyl (C=O) groups is 1. The molecule has 1 aliphatic rings. The van der Waals surface area contributed by atoms with E-state index in [9.17, 15) is 4.79 Å². The molecule has 24 heavy (non-hydrogen) atoms. The molecular weight excluding hydrogens is 328 g/mol. The first-order chi connectivity index (χ1) is 11.6. The minimum absolute atomic E-state index is 0.0197. The number of ether oxygens (including phenoxy) is 1. The second-order valence-electron chi connectivity index (χ2n) is 5.61. The highest BCUT2D eigenvalue weighted by atomic mass is 35.5. The van der Waals surface area contributed by atoms with Crippen molar-refractivity contribution in [2.75, 3.05) is 31.1 Å². The van der Waals surface area contributed by atoms with Crippen molar-refractivity contribution in [3.05, 3.63) is 47.6 Å². The predicted octanol–water partition coefficient (Wildman–Crippen LogP) is 2.25. The lowest BCUT2D eigenvalue weighted by atomic mass is 10.2. The summed E-state index contributed by atoms with van der Waals surface area (Å²) in [6, 6.07) is 10.9. The van der Waals surface area contributed by atoms with Crippen LogP contribution in [0.1, 0.15) is 6.92 Å². The molecule has 0 saturated carbocycles. The van der Waals surface area contributed by atoms with Crippen LogP contribution in [0.5, 0.6) is 5.75 Å². The molecule has 126 valence electrons. The molecule has 1 aromatic heterocycles. The highest BCUT2D eigenvalue weighted by Gasteiger charge is 2.26. The van der Waals surface area contributed by atoms with Gasteiger partial charge in [0.1, 0.15) is 5.75 Å². The normalized spacial score (nSPS) is 15.9. The van der Waals surface area contributed by atoms with Gasteiger partial charge in [-0.05, 0) is 37.3 Å². The summed E-state index contributed by atoms with van der Waals surface area (Å²) in [4.78, 5) is 16.5. The highest BCUT2D eigenvalue weighted by Crippen LogP contribution is 2.19. The van der Waals surface area contributed by atoms with Crippen LogP contribution in [0.3, 0.4) is 0 Å². The maximum atomic E-state index is 12.6. The van der Waals surface area contributed by atoms with E-state index in [0.29, 0.717) is 23.9 Å². The van der Waals surface area contributed by atoms with E-state index in [2.05, 4.69) is 15.1 Å². The number of rotatable bonds is 4. The molecule has 1 saturated heterocycles. The van der Waals surface area contributed by atoms with Crippen LogP contribution >= 0.6 is 11.6 Å². The number of nitrogens with zero attached hydrogens (tertiary/aromatic N) is 4. The zero-order chi connectivity index (χ0) is 16.9. The Balaban J connectivity index is 1.55. The van der Waals surface area contributed by atoms with Gasteiger partial charge in [-0.25, -0.2) is 0 Å². The number of benzene rings is 1. The van der Waals surface area contributed by atoms with E-state index < -0.39 is 6.10 Å². The van der Waals surface area contributed by atoms with Crippen LogP contribution in [0.25, 0.3) is 0 Å². The minimum atomic E-state index is -0.550. The molecule has 1 amide bonds. The van der Waals surface area contributed by atoms with E-state index in [1.165, 1.54) is 0 Å². The predicted molar refractivity (Wildman–Crippen MR) is 92.4 cm³/mol. The van der Waals surface area contributed by atoms with Gasteiger partial charge in [0.25, 0.3) is 5.91 Å². The summed E-state index contributed by atoms with van der Waals surface area (Å²) in [5.41, 5.74) is 0. The van der Waals surface area contributed by atoms with Gasteiger partial charge in [0, 0.05) is 37.4 Å². The fourth-order valence-electron chi connectivity index (χ4n) is 2.67. The van der Waals surface area contributed by atoms with E-state index in [1.807, 2.05) is 17.0 Å². The number of amides is 1. The number of anilines is 1. The van der Waals surface area contributed by atoms with E-state index in [1.54, 1.807) is 37.4 Å². The first kappa shape index (κ1) is 16.5. The molecule has 0 spiro atoms. The number of carbonyl (C=O) groups excluding carboxylic acids is 1. The number of hydrogen-bond acceptors (Lipinski definition) is 5. The Morgan fingerprint density at radius 1 is 1.21 bits per heavy atom. The highest BCUT2D eigenvalue weighted by molar-refractivity contribution is 6.30. The first-order valence-electron chi connectivity index (χ1n) is 7.87. The molecule has 1 fully saturated rings. The lowest BCUT2D eigenvalue weighted by molar-refractivity contribution is -0.138. The lowest BCUT2D eigenvalue weighted by Crippen LogP contribution is -2.52. The molecule has 3 rings (SSSR count). The number of aromatic nitrogens is 2. The van der Waals surface area contributed by atoms with Crippen molar-refractivity contribution in [3.8, 4) is 5.75 Å². The van der Waals surface area contributed by atoms with Gasteiger partial charge in [0.2, 0.25) is 0 Å². The molecule has 2 aromatic rings. The third-order valence-corrected chi connectivity index (χ3v) is 4.17. The van der Waals surface area contributed by atoms with Crippen molar-refractivity contribution in [2.45, 2.75) is 13.0 Å². The molecular formula is C17H19ClN4O2. The van der Waals surface area contributed by atoms with Crippen LogP contribution in [0, 0.1) is 0 Å². The van der Waals surface area contributed by atoms with E-state index in [4.69, 9.17) is 16.3 Å². The van der Waals surface area contributed by atoms with Gasteiger partial charge in [-0.15, -0.1) is 5.10 Å². The van der Waals surface area contributed by atoms with Crippen LogP contribution in [0.4, 0.5) is 5.82 Å². The van der Waals surface area contributed by atoms with Crippen LogP contribution in [-0.4, -0.2) is 53.3 Å². The van der Waals surface area contributed by atoms with Crippen LogP contribution in [-0.2, 0) is 4.79 Å². The fraction of sp³-hybridized carbons (Fsp3) is 0.353. The van der Waals surface area contributed by atoms with Gasteiger partial charge < -0.3 is 14.5 Å². The van der Waals surface area contributed by atoms with Crippen molar-refractivity contribution >= 4 is 23.3 Å². The lowest BCUT2D eigenvalue weighted by Gasteiger charge is -2.36. The Labute approximate surface area is 146 Å². The van der Waals surface area contributed by atoms with E-state index in [-0.39, 0.29) is 5.91 Å². The van der Waals surface area contributed by atoms with Gasteiger partial charge in [0.15, 0.2) is 11.9 Å². The maximum absolute atomic E-state index is 12.6. The Bertz CT molecular complexity index is 690. The second kappa shape index (κ2) is 7.49. The molecule has 2 heterocycles. The Hall–Kier alpha value is -2.34. The summed E-state index contributed by atoms with van der Waals surface area (Å²) in [6.45, 7) is 4.50. The van der Waals surface area contributed by atoms with Gasteiger partial charge >= 0.3 is 0 Å². The van der Waals surface area contributed by atoms with Crippen molar-refractivity contribution in [3.63, 3.8) is 0 Å². The molecule has 1 unspecified atom stereocenters. The molecule has 6 nitrogen and oxygen atoms in total. The quantitative estimate of drug-likeness (QED) is 0.849. The average Bonchev–Trinajstić information content (AvgIpc) is 2.62. The largest absolute Gasteiger partial charge is 0.481 e. The van der Waals surface area contributed by atoms with Crippen LogP contribution < -0.4 is 9.64 Å². The molecule has 1 atom stereocenters. The standard InChI is InChI=1S/C17H19ClN4O2/c1-13(24-15-5-2-4-14(18)12-15)17(23)22-10-8-21(9-11-22)16-6-3-7-19-20-16/h2-7,12-13H,8-11H2,1H3. The third kappa shape index (κ3) is 3.94.